The van der Waals surface area contributed by atoms with Crippen LogP contribution in [0.4, 0.5) is 0 Å². The molecule has 1 fully saturated rings. The monoisotopic (exact) mass is 243 g/mol. The van der Waals surface area contributed by atoms with Crippen molar-refractivity contribution in [3.05, 3.63) is 0 Å². The summed E-state index contributed by atoms with van der Waals surface area (Å²) in [4.78, 5) is 13.6. The standard InChI is InChI=1S/C13H25NO3/c1-3-6-11(12(15)16)13(17)7-5-9-14(4-2)10-8-13/h11,17H,3-10H2,1-2H3,(H,15,16). The topological polar surface area (TPSA) is 60.8 Å². The van der Waals surface area contributed by atoms with E-state index in [-0.39, 0.29) is 0 Å². The summed E-state index contributed by atoms with van der Waals surface area (Å²) in [5, 5.41) is 19.9. The van der Waals surface area contributed by atoms with Gasteiger partial charge in [0.15, 0.2) is 0 Å². The number of carboxylic acids is 1. The molecule has 0 bridgehead atoms. The van der Waals surface area contributed by atoms with Crippen LogP contribution in [0.15, 0.2) is 0 Å². The number of carbonyl (C=O) groups is 1. The molecule has 0 aromatic carbocycles. The molecular formula is C13H25NO3. The first-order valence-electron chi connectivity index (χ1n) is 6.71. The molecule has 0 aromatic rings. The van der Waals surface area contributed by atoms with Crippen LogP contribution in [0.1, 0.15) is 46.0 Å². The van der Waals surface area contributed by atoms with Gasteiger partial charge in [-0.2, -0.15) is 0 Å². The van der Waals surface area contributed by atoms with Crippen LogP contribution in [0.2, 0.25) is 0 Å². The van der Waals surface area contributed by atoms with Gasteiger partial charge in [-0.3, -0.25) is 4.79 Å². The Balaban J connectivity index is 2.73. The van der Waals surface area contributed by atoms with Crippen LogP contribution in [-0.2, 0) is 4.79 Å². The fourth-order valence-corrected chi connectivity index (χ4v) is 2.77. The van der Waals surface area contributed by atoms with Crippen LogP contribution in [-0.4, -0.2) is 46.3 Å². The zero-order valence-electron chi connectivity index (χ0n) is 11.0. The molecule has 1 aliphatic rings. The highest BCUT2D eigenvalue weighted by molar-refractivity contribution is 5.71. The van der Waals surface area contributed by atoms with Crippen molar-refractivity contribution in [1.82, 2.24) is 4.90 Å². The minimum absolute atomic E-state index is 0.567. The van der Waals surface area contributed by atoms with E-state index < -0.39 is 17.5 Å². The first-order chi connectivity index (χ1) is 8.03. The van der Waals surface area contributed by atoms with Gasteiger partial charge in [0.25, 0.3) is 0 Å². The number of nitrogens with zero attached hydrogens (tertiary/aromatic N) is 1. The lowest BCUT2D eigenvalue weighted by Gasteiger charge is -2.33. The van der Waals surface area contributed by atoms with E-state index in [4.69, 9.17) is 0 Å². The third-order valence-corrected chi connectivity index (χ3v) is 3.92. The zero-order chi connectivity index (χ0) is 12.9. The van der Waals surface area contributed by atoms with Crippen molar-refractivity contribution in [2.45, 2.75) is 51.6 Å². The predicted molar refractivity (Wildman–Crippen MR) is 66.9 cm³/mol. The molecule has 4 heteroatoms. The highest BCUT2D eigenvalue weighted by Gasteiger charge is 2.41. The number of hydrogen-bond acceptors (Lipinski definition) is 3. The van der Waals surface area contributed by atoms with E-state index in [1.54, 1.807) is 0 Å². The summed E-state index contributed by atoms with van der Waals surface area (Å²) in [6.07, 6.45) is 3.45. The fourth-order valence-electron chi connectivity index (χ4n) is 2.77. The minimum atomic E-state index is -1.01. The Labute approximate surface area is 104 Å². The summed E-state index contributed by atoms with van der Waals surface area (Å²) in [6, 6.07) is 0. The van der Waals surface area contributed by atoms with Gasteiger partial charge in [0.2, 0.25) is 0 Å². The number of rotatable bonds is 5. The van der Waals surface area contributed by atoms with Crippen molar-refractivity contribution >= 4 is 5.97 Å². The lowest BCUT2D eigenvalue weighted by atomic mass is 9.79. The maximum absolute atomic E-state index is 11.3. The van der Waals surface area contributed by atoms with Crippen LogP contribution < -0.4 is 0 Å². The van der Waals surface area contributed by atoms with E-state index in [1.807, 2.05) is 6.92 Å². The van der Waals surface area contributed by atoms with E-state index in [1.165, 1.54) is 0 Å². The van der Waals surface area contributed by atoms with Crippen molar-refractivity contribution < 1.29 is 15.0 Å². The molecule has 0 aromatic heterocycles. The maximum atomic E-state index is 11.3. The third kappa shape index (κ3) is 3.68. The van der Waals surface area contributed by atoms with Crippen molar-refractivity contribution in [2.75, 3.05) is 19.6 Å². The van der Waals surface area contributed by atoms with E-state index in [9.17, 15) is 15.0 Å². The molecule has 4 nitrogen and oxygen atoms in total. The van der Waals surface area contributed by atoms with Gasteiger partial charge in [-0.05, 0) is 38.8 Å². The average Bonchev–Trinajstić information content (AvgIpc) is 2.48. The summed E-state index contributed by atoms with van der Waals surface area (Å²) in [5.74, 6) is -1.45. The summed E-state index contributed by atoms with van der Waals surface area (Å²) >= 11 is 0. The predicted octanol–water partition coefficient (Wildman–Crippen LogP) is 1.72. The second-order valence-corrected chi connectivity index (χ2v) is 5.07. The Morgan fingerprint density at radius 2 is 2.06 bits per heavy atom. The molecule has 1 saturated heterocycles. The highest BCUT2D eigenvalue weighted by atomic mass is 16.4. The van der Waals surface area contributed by atoms with Gasteiger partial charge in [-0.1, -0.05) is 20.3 Å². The van der Waals surface area contributed by atoms with Crippen LogP contribution in [0.5, 0.6) is 0 Å². The molecule has 0 spiro atoms. The van der Waals surface area contributed by atoms with Gasteiger partial charge in [-0.15, -0.1) is 0 Å². The Morgan fingerprint density at radius 1 is 1.35 bits per heavy atom. The van der Waals surface area contributed by atoms with Gasteiger partial charge in [0, 0.05) is 6.54 Å². The molecule has 2 unspecified atom stereocenters. The highest BCUT2D eigenvalue weighted by Crippen LogP contribution is 2.33. The maximum Gasteiger partial charge on any atom is 0.309 e. The number of aliphatic carboxylic acids is 1. The summed E-state index contributed by atoms with van der Waals surface area (Å²) < 4.78 is 0. The van der Waals surface area contributed by atoms with Gasteiger partial charge in [0.1, 0.15) is 0 Å². The zero-order valence-corrected chi connectivity index (χ0v) is 11.0. The Bertz CT molecular complexity index is 257. The molecule has 100 valence electrons. The normalized spacial score (nSPS) is 28.6. The number of carboxylic acid groups (broad SMARTS) is 1. The Morgan fingerprint density at radius 3 is 2.59 bits per heavy atom. The van der Waals surface area contributed by atoms with Crippen LogP contribution in [0.3, 0.4) is 0 Å². The SMILES string of the molecule is CCCC(C(=O)O)C1(O)CCCN(CC)CC1. The number of hydrogen-bond donors (Lipinski definition) is 2. The molecule has 1 aliphatic heterocycles. The Hall–Kier alpha value is -0.610. The second kappa shape index (κ2) is 6.36. The summed E-state index contributed by atoms with van der Waals surface area (Å²) in [6.45, 7) is 6.82. The molecule has 0 radical (unpaired) electrons. The van der Waals surface area contributed by atoms with Gasteiger partial charge >= 0.3 is 5.97 Å². The molecule has 0 aliphatic carbocycles. The number of aliphatic hydroxyl groups is 1. The molecule has 0 saturated carbocycles. The van der Waals surface area contributed by atoms with E-state index in [0.717, 1.165) is 32.5 Å². The molecule has 17 heavy (non-hydrogen) atoms. The number of likely N-dealkylation sites (tertiary alicyclic amines) is 1. The van der Waals surface area contributed by atoms with Crippen LogP contribution >= 0.6 is 0 Å². The van der Waals surface area contributed by atoms with E-state index in [0.29, 0.717) is 19.3 Å². The van der Waals surface area contributed by atoms with Crippen molar-refractivity contribution in [3.8, 4) is 0 Å². The second-order valence-electron chi connectivity index (χ2n) is 5.07. The van der Waals surface area contributed by atoms with Crippen LogP contribution in [0, 0.1) is 5.92 Å². The van der Waals surface area contributed by atoms with Crippen LogP contribution in [0.25, 0.3) is 0 Å². The van der Waals surface area contributed by atoms with E-state index >= 15 is 0 Å². The fraction of sp³-hybridized carbons (Fsp3) is 0.923. The smallest absolute Gasteiger partial charge is 0.309 e. The van der Waals surface area contributed by atoms with Gasteiger partial charge in [-0.25, -0.2) is 0 Å². The first-order valence-corrected chi connectivity index (χ1v) is 6.71. The molecule has 2 N–H and O–H groups in total. The van der Waals surface area contributed by atoms with E-state index in [2.05, 4.69) is 11.8 Å². The lowest BCUT2D eigenvalue weighted by molar-refractivity contribution is -0.153. The summed E-state index contributed by atoms with van der Waals surface area (Å²) in [5.41, 5.74) is -1.01. The Kier molecular flexibility index (Phi) is 5.40. The largest absolute Gasteiger partial charge is 0.481 e. The van der Waals surface area contributed by atoms with Crippen molar-refractivity contribution in [3.63, 3.8) is 0 Å². The molecular weight excluding hydrogens is 218 g/mol. The van der Waals surface area contributed by atoms with Gasteiger partial charge < -0.3 is 15.1 Å². The molecule has 1 heterocycles. The first kappa shape index (κ1) is 14.5. The quantitative estimate of drug-likeness (QED) is 0.772. The molecule has 1 rings (SSSR count). The van der Waals surface area contributed by atoms with Crippen molar-refractivity contribution in [2.24, 2.45) is 5.92 Å². The molecule has 0 amide bonds. The minimum Gasteiger partial charge on any atom is -0.481 e. The lowest BCUT2D eigenvalue weighted by Crippen LogP contribution is -2.43. The van der Waals surface area contributed by atoms with Gasteiger partial charge in [0.05, 0.1) is 11.5 Å². The third-order valence-electron chi connectivity index (χ3n) is 3.92. The van der Waals surface area contributed by atoms with Crippen molar-refractivity contribution in [1.29, 1.82) is 0 Å². The molecule has 2 atom stereocenters. The summed E-state index contributed by atoms with van der Waals surface area (Å²) in [7, 11) is 0. The average molecular weight is 243 g/mol.